The van der Waals surface area contributed by atoms with Crippen LogP contribution in [0.3, 0.4) is 0 Å². The second-order valence-electron chi connectivity index (χ2n) is 5.35. The third-order valence-corrected chi connectivity index (χ3v) is 3.86. The molecule has 2 heteroatoms. The number of rotatable bonds is 2. The molecule has 0 spiro atoms. The van der Waals surface area contributed by atoms with Crippen LogP contribution in [0.25, 0.3) is 0 Å². The van der Waals surface area contributed by atoms with E-state index in [1.54, 1.807) is 5.57 Å². The molecule has 0 bridgehead atoms. The van der Waals surface area contributed by atoms with Crippen molar-refractivity contribution in [1.29, 1.82) is 0 Å². The summed E-state index contributed by atoms with van der Waals surface area (Å²) in [6.07, 6.45) is 8.88. The maximum atomic E-state index is 6.02. The highest BCUT2D eigenvalue weighted by atomic mass is 15.1. The lowest BCUT2D eigenvalue weighted by Gasteiger charge is -2.33. The summed E-state index contributed by atoms with van der Waals surface area (Å²) in [7, 11) is 0. The average Bonchev–Trinajstić information content (AvgIpc) is 2.22. The van der Waals surface area contributed by atoms with E-state index in [0.29, 0.717) is 6.04 Å². The molecule has 0 saturated heterocycles. The van der Waals surface area contributed by atoms with Crippen LogP contribution >= 0.6 is 0 Å². The van der Waals surface area contributed by atoms with Gasteiger partial charge in [-0.1, -0.05) is 18.1 Å². The monoisotopic (exact) mass is 208 g/mol. The van der Waals surface area contributed by atoms with E-state index in [-0.39, 0.29) is 0 Å². The zero-order chi connectivity index (χ0) is 10.7. The third-order valence-electron chi connectivity index (χ3n) is 3.86. The molecule has 0 aromatic heterocycles. The highest BCUT2D eigenvalue weighted by Crippen LogP contribution is 2.24. The Labute approximate surface area is 93.5 Å². The molecule has 2 N–H and O–H groups in total. The van der Waals surface area contributed by atoms with Gasteiger partial charge in [0.05, 0.1) is 0 Å². The van der Waals surface area contributed by atoms with Crippen LogP contribution in [-0.4, -0.2) is 30.6 Å². The Morgan fingerprint density at radius 3 is 3.00 bits per heavy atom. The fourth-order valence-electron chi connectivity index (χ4n) is 2.84. The van der Waals surface area contributed by atoms with Crippen molar-refractivity contribution < 1.29 is 0 Å². The predicted octanol–water partition coefficient (Wildman–Crippen LogP) is 2.16. The number of nitrogens with zero attached hydrogens (tertiary/aromatic N) is 1. The molecule has 2 aliphatic rings. The quantitative estimate of drug-likeness (QED) is 0.705. The minimum Gasteiger partial charge on any atom is -0.328 e. The molecule has 15 heavy (non-hydrogen) atoms. The van der Waals surface area contributed by atoms with E-state index < -0.39 is 0 Å². The van der Waals surface area contributed by atoms with Crippen LogP contribution in [0.5, 0.6) is 0 Å². The van der Waals surface area contributed by atoms with Crippen molar-refractivity contribution in [3.05, 3.63) is 11.6 Å². The Hall–Kier alpha value is -0.340. The molecule has 2 nitrogen and oxygen atoms in total. The molecular formula is C13H24N2. The van der Waals surface area contributed by atoms with Crippen molar-refractivity contribution in [2.24, 2.45) is 11.7 Å². The zero-order valence-electron chi connectivity index (χ0n) is 9.91. The van der Waals surface area contributed by atoms with Crippen LogP contribution in [0.1, 0.15) is 39.0 Å². The Morgan fingerprint density at radius 2 is 2.33 bits per heavy atom. The predicted molar refractivity (Wildman–Crippen MR) is 64.7 cm³/mol. The van der Waals surface area contributed by atoms with Crippen molar-refractivity contribution in [1.82, 2.24) is 4.90 Å². The normalized spacial score (nSPS) is 33.9. The summed E-state index contributed by atoms with van der Waals surface area (Å²) >= 11 is 0. The molecule has 2 atom stereocenters. The summed E-state index contributed by atoms with van der Waals surface area (Å²) in [6.45, 7) is 5.94. The lowest BCUT2D eigenvalue weighted by atomic mass is 9.85. The van der Waals surface area contributed by atoms with Crippen LogP contribution in [-0.2, 0) is 0 Å². The summed E-state index contributed by atoms with van der Waals surface area (Å²) in [5, 5.41) is 0. The van der Waals surface area contributed by atoms with Crippen LogP contribution < -0.4 is 5.73 Å². The van der Waals surface area contributed by atoms with Gasteiger partial charge in [-0.25, -0.2) is 0 Å². The fourth-order valence-corrected chi connectivity index (χ4v) is 2.84. The third kappa shape index (κ3) is 3.32. The number of hydrogen-bond acceptors (Lipinski definition) is 2. The summed E-state index contributed by atoms with van der Waals surface area (Å²) in [4.78, 5) is 2.59. The van der Waals surface area contributed by atoms with Crippen LogP contribution in [0, 0.1) is 5.92 Å². The SMILES string of the molecule is CC1=CCN(CC2CCCC(N)C2)CC1. The minimum absolute atomic E-state index is 0.478. The maximum Gasteiger partial charge on any atom is 0.0165 e. The van der Waals surface area contributed by atoms with E-state index in [1.807, 2.05) is 0 Å². The standard InChI is InChI=1S/C13H24N2/c1-11-5-7-15(8-6-11)10-12-3-2-4-13(14)9-12/h5,12-13H,2-4,6-10,14H2,1H3. The van der Waals surface area contributed by atoms with Gasteiger partial charge in [0, 0.05) is 25.7 Å². The van der Waals surface area contributed by atoms with Gasteiger partial charge in [-0.15, -0.1) is 0 Å². The average molecular weight is 208 g/mol. The molecular weight excluding hydrogens is 184 g/mol. The highest BCUT2D eigenvalue weighted by molar-refractivity contribution is 5.03. The first-order chi connectivity index (χ1) is 7.24. The largest absolute Gasteiger partial charge is 0.328 e. The van der Waals surface area contributed by atoms with Crippen LogP contribution in [0.2, 0.25) is 0 Å². The number of hydrogen-bond donors (Lipinski definition) is 1. The molecule has 86 valence electrons. The molecule has 0 aromatic carbocycles. The van der Waals surface area contributed by atoms with Gasteiger partial charge >= 0.3 is 0 Å². The molecule has 2 unspecified atom stereocenters. The second-order valence-corrected chi connectivity index (χ2v) is 5.35. The molecule has 0 amide bonds. The van der Waals surface area contributed by atoms with E-state index in [9.17, 15) is 0 Å². The first-order valence-electron chi connectivity index (χ1n) is 6.37. The Morgan fingerprint density at radius 1 is 1.47 bits per heavy atom. The first kappa shape index (κ1) is 11.2. The van der Waals surface area contributed by atoms with Gasteiger partial charge in [0.15, 0.2) is 0 Å². The summed E-state index contributed by atoms with van der Waals surface area (Å²) in [6, 6.07) is 0.478. The van der Waals surface area contributed by atoms with E-state index in [2.05, 4.69) is 17.9 Å². The minimum atomic E-state index is 0.478. The van der Waals surface area contributed by atoms with Crippen molar-refractivity contribution in [3.8, 4) is 0 Å². The van der Waals surface area contributed by atoms with E-state index in [0.717, 1.165) is 12.5 Å². The summed E-state index contributed by atoms with van der Waals surface area (Å²) in [5.41, 5.74) is 7.58. The highest BCUT2D eigenvalue weighted by Gasteiger charge is 2.21. The Balaban J connectivity index is 1.77. The van der Waals surface area contributed by atoms with E-state index in [4.69, 9.17) is 5.73 Å². The molecule has 1 aliphatic heterocycles. The Kier molecular flexibility index (Phi) is 3.81. The van der Waals surface area contributed by atoms with Gasteiger partial charge in [0.1, 0.15) is 0 Å². The van der Waals surface area contributed by atoms with Gasteiger partial charge < -0.3 is 5.73 Å². The van der Waals surface area contributed by atoms with Gasteiger partial charge in [-0.3, -0.25) is 4.90 Å². The molecule has 0 aromatic rings. The first-order valence-corrected chi connectivity index (χ1v) is 6.37. The molecule has 1 aliphatic carbocycles. The van der Waals surface area contributed by atoms with Crippen LogP contribution in [0.4, 0.5) is 0 Å². The summed E-state index contributed by atoms with van der Waals surface area (Å²) in [5.74, 6) is 0.862. The topological polar surface area (TPSA) is 29.3 Å². The second kappa shape index (κ2) is 5.13. The smallest absolute Gasteiger partial charge is 0.0165 e. The van der Waals surface area contributed by atoms with Crippen molar-refractivity contribution in [3.63, 3.8) is 0 Å². The van der Waals surface area contributed by atoms with Crippen molar-refractivity contribution in [2.45, 2.75) is 45.1 Å². The van der Waals surface area contributed by atoms with Gasteiger partial charge in [0.25, 0.3) is 0 Å². The molecule has 2 rings (SSSR count). The van der Waals surface area contributed by atoms with Crippen molar-refractivity contribution >= 4 is 0 Å². The fraction of sp³-hybridized carbons (Fsp3) is 0.846. The van der Waals surface area contributed by atoms with Gasteiger partial charge in [0.2, 0.25) is 0 Å². The lowest BCUT2D eigenvalue weighted by molar-refractivity contribution is 0.202. The van der Waals surface area contributed by atoms with Crippen molar-refractivity contribution in [2.75, 3.05) is 19.6 Å². The Bertz CT molecular complexity index is 235. The zero-order valence-corrected chi connectivity index (χ0v) is 9.91. The maximum absolute atomic E-state index is 6.02. The van der Waals surface area contributed by atoms with E-state index >= 15 is 0 Å². The lowest BCUT2D eigenvalue weighted by Crippen LogP contribution is -2.37. The molecule has 1 heterocycles. The van der Waals surface area contributed by atoms with Crippen LogP contribution in [0.15, 0.2) is 11.6 Å². The van der Waals surface area contributed by atoms with Gasteiger partial charge in [-0.05, 0) is 38.5 Å². The summed E-state index contributed by atoms with van der Waals surface area (Å²) < 4.78 is 0. The molecule has 1 saturated carbocycles. The van der Waals surface area contributed by atoms with E-state index in [1.165, 1.54) is 45.2 Å². The van der Waals surface area contributed by atoms with Gasteiger partial charge in [-0.2, -0.15) is 0 Å². The molecule has 0 radical (unpaired) electrons. The number of nitrogens with two attached hydrogens (primary N) is 1. The molecule has 1 fully saturated rings.